The fourth-order valence-electron chi connectivity index (χ4n) is 3.64. The minimum Gasteiger partial charge on any atom is -0.384 e. The first-order chi connectivity index (χ1) is 10.6. The van der Waals surface area contributed by atoms with Gasteiger partial charge in [0.05, 0.1) is 6.61 Å². The fourth-order valence-corrected chi connectivity index (χ4v) is 3.64. The quantitative estimate of drug-likeness (QED) is 0.621. The van der Waals surface area contributed by atoms with E-state index in [4.69, 9.17) is 4.74 Å². The number of guanidine groups is 1. The second-order valence-electron chi connectivity index (χ2n) is 7.32. The molecule has 128 valence electrons. The van der Waals surface area contributed by atoms with Crippen molar-refractivity contribution in [1.82, 2.24) is 15.1 Å². The smallest absolute Gasteiger partial charge is 0.193 e. The minimum absolute atomic E-state index is 0.183. The summed E-state index contributed by atoms with van der Waals surface area (Å²) in [5.41, 5.74) is 0.183. The van der Waals surface area contributed by atoms with Crippen molar-refractivity contribution in [3.8, 4) is 0 Å². The van der Waals surface area contributed by atoms with Crippen LogP contribution in [0.2, 0.25) is 0 Å². The second kappa shape index (κ2) is 8.16. The third kappa shape index (κ3) is 4.59. The van der Waals surface area contributed by atoms with E-state index in [0.29, 0.717) is 5.92 Å². The molecule has 5 nitrogen and oxygen atoms in total. The molecule has 2 fully saturated rings. The standard InChI is InChI=1S/C17H34N4O/c1-17(2,21-9-6-5-7-10-21)14-19-16(18-3)20-11-8-15(12-20)13-22-4/h15H,5-14H2,1-4H3,(H,18,19). The van der Waals surface area contributed by atoms with Gasteiger partial charge in [0.25, 0.3) is 0 Å². The summed E-state index contributed by atoms with van der Waals surface area (Å²) in [5, 5.41) is 3.61. The number of nitrogens with one attached hydrogen (secondary N) is 1. The molecule has 5 heteroatoms. The Balaban J connectivity index is 1.83. The highest BCUT2D eigenvalue weighted by Gasteiger charge is 2.30. The van der Waals surface area contributed by atoms with Gasteiger partial charge in [-0.15, -0.1) is 0 Å². The lowest BCUT2D eigenvalue weighted by atomic mass is 9.98. The molecule has 0 aromatic rings. The maximum absolute atomic E-state index is 5.29. The van der Waals surface area contributed by atoms with Crippen LogP contribution in [0.4, 0.5) is 0 Å². The number of nitrogens with zero attached hydrogens (tertiary/aromatic N) is 3. The molecule has 0 spiro atoms. The Bertz CT molecular complexity index is 364. The Morgan fingerprint density at radius 2 is 1.95 bits per heavy atom. The molecule has 0 radical (unpaired) electrons. The van der Waals surface area contributed by atoms with Crippen molar-refractivity contribution < 1.29 is 4.74 Å². The maximum Gasteiger partial charge on any atom is 0.193 e. The third-order valence-corrected chi connectivity index (χ3v) is 5.09. The molecule has 0 saturated carbocycles. The van der Waals surface area contributed by atoms with Gasteiger partial charge in [0.1, 0.15) is 0 Å². The Hall–Kier alpha value is -0.810. The summed E-state index contributed by atoms with van der Waals surface area (Å²) in [6.45, 7) is 11.1. The van der Waals surface area contributed by atoms with Crippen LogP contribution in [-0.4, -0.2) is 74.8 Å². The Morgan fingerprint density at radius 1 is 1.23 bits per heavy atom. The molecule has 0 bridgehead atoms. The number of methoxy groups -OCH3 is 1. The molecular formula is C17H34N4O. The van der Waals surface area contributed by atoms with Gasteiger partial charge >= 0.3 is 0 Å². The van der Waals surface area contributed by atoms with Crippen molar-refractivity contribution in [2.45, 2.75) is 45.1 Å². The summed E-state index contributed by atoms with van der Waals surface area (Å²) < 4.78 is 5.29. The molecule has 2 aliphatic rings. The molecule has 2 heterocycles. The van der Waals surface area contributed by atoms with E-state index >= 15 is 0 Å². The molecule has 2 saturated heterocycles. The molecule has 22 heavy (non-hydrogen) atoms. The van der Waals surface area contributed by atoms with Crippen LogP contribution in [0.15, 0.2) is 4.99 Å². The molecule has 0 aliphatic carbocycles. The van der Waals surface area contributed by atoms with Gasteiger partial charge in [-0.2, -0.15) is 0 Å². The largest absolute Gasteiger partial charge is 0.384 e. The Labute approximate surface area is 136 Å². The molecule has 0 aromatic heterocycles. The van der Waals surface area contributed by atoms with E-state index in [-0.39, 0.29) is 5.54 Å². The van der Waals surface area contributed by atoms with Crippen LogP contribution >= 0.6 is 0 Å². The van der Waals surface area contributed by atoms with Crippen molar-refractivity contribution in [3.63, 3.8) is 0 Å². The number of rotatable bonds is 5. The lowest BCUT2D eigenvalue weighted by molar-refractivity contribution is 0.0976. The van der Waals surface area contributed by atoms with E-state index < -0.39 is 0 Å². The minimum atomic E-state index is 0.183. The van der Waals surface area contributed by atoms with Crippen LogP contribution in [0.1, 0.15) is 39.5 Å². The number of hydrogen-bond donors (Lipinski definition) is 1. The number of piperidine rings is 1. The van der Waals surface area contributed by atoms with Gasteiger partial charge < -0.3 is 15.0 Å². The summed E-state index contributed by atoms with van der Waals surface area (Å²) in [7, 11) is 3.68. The van der Waals surface area contributed by atoms with Gasteiger partial charge in [-0.25, -0.2) is 0 Å². The molecular weight excluding hydrogens is 276 g/mol. The number of likely N-dealkylation sites (tertiary alicyclic amines) is 2. The van der Waals surface area contributed by atoms with E-state index in [9.17, 15) is 0 Å². The Kier molecular flexibility index (Phi) is 6.50. The second-order valence-corrected chi connectivity index (χ2v) is 7.32. The van der Waals surface area contributed by atoms with E-state index in [1.165, 1.54) is 38.8 Å². The first-order valence-electron chi connectivity index (χ1n) is 8.76. The number of ether oxygens (including phenoxy) is 1. The topological polar surface area (TPSA) is 40.1 Å². The molecule has 0 aromatic carbocycles. The van der Waals surface area contributed by atoms with Crippen LogP contribution in [0.3, 0.4) is 0 Å². The van der Waals surface area contributed by atoms with E-state index in [1.807, 2.05) is 7.05 Å². The highest BCUT2D eigenvalue weighted by molar-refractivity contribution is 5.80. The van der Waals surface area contributed by atoms with Gasteiger partial charge in [-0.1, -0.05) is 6.42 Å². The average molecular weight is 310 g/mol. The van der Waals surface area contributed by atoms with Crippen LogP contribution < -0.4 is 5.32 Å². The zero-order valence-electron chi connectivity index (χ0n) is 14.9. The predicted molar refractivity (Wildman–Crippen MR) is 92.4 cm³/mol. The molecule has 2 aliphatic heterocycles. The van der Waals surface area contributed by atoms with Crippen molar-refractivity contribution >= 4 is 5.96 Å². The average Bonchev–Trinajstić information content (AvgIpc) is 2.98. The predicted octanol–water partition coefficient (Wildman–Crippen LogP) is 1.79. The lowest BCUT2D eigenvalue weighted by Crippen LogP contribution is -2.55. The first-order valence-corrected chi connectivity index (χ1v) is 8.76. The highest BCUT2D eigenvalue weighted by atomic mass is 16.5. The van der Waals surface area contributed by atoms with Crippen LogP contribution in [0.5, 0.6) is 0 Å². The number of aliphatic imine (C=N–C) groups is 1. The zero-order valence-corrected chi connectivity index (χ0v) is 14.9. The van der Waals surface area contributed by atoms with Gasteiger partial charge in [-0.3, -0.25) is 9.89 Å². The summed E-state index contributed by atoms with van der Waals surface area (Å²) in [5.74, 6) is 1.68. The van der Waals surface area contributed by atoms with Gasteiger partial charge in [0.2, 0.25) is 0 Å². The van der Waals surface area contributed by atoms with E-state index in [0.717, 1.165) is 32.2 Å². The van der Waals surface area contributed by atoms with E-state index in [2.05, 4.69) is 34.0 Å². The molecule has 2 rings (SSSR count). The highest BCUT2D eigenvalue weighted by Crippen LogP contribution is 2.20. The molecule has 1 atom stereocenters. The SMILES string of the molecule is CN=C(NCC(C)(C)N1CCCCC1)N1CCC(COC)C1. The molecule has 0 amide bonds. The van der Waals surface area contributed by atoms with Crippen molar-refractivity contribution in [2.75, 3.05) is 53.5 Å². The first kappa shape index (κ1) is 17.5. The summed E-state index contributed by atoms with van der Waals surface area (Å²) in [6, 6.07) is 0. The van der Waals surface area contributed by atoms with Gasteiger partial charge in [0, 0.05) is 45.2 Å². The molecule has 1 unspecified atom stereocenters. The normalized spacial score (nSPS) is 24.8. The summed E-state index contributed by atoms with van der Waals surface area (Å²) in [6.07, 6.45) is 5.26. The lowest BCUT2D eigenvalue weighted by Gasteiger charge is -2.41. The molecule has 1 N–H and O–H groups in total. The van der Waals surface area contributed by atoms with Crippen molar-refractivity contribution in [3.05, 3.63) is 0 Å². The monoisotopic (exact) mass is 310 g/mol. The van der Waals surface area contributed by atoms with E-state index in [1.54, 1.807) is 7.11 Å². The van der Waals surface area contributed by atoms with Crippen molar-refractivity contribution in [1.29, 1.82) is 0 Å². The third-order valence-electron chi connectivity index (χ3n) is 5.09. The van der Waals surface area contributed by atoms with Gasteiger partial charge in [0.15, 0.2) is 5.96 Å². The maximum atomic E-state index is 5.29. The number of hydrogen-bond acceptors (Lipinski definition) is 3. The summed E-state index contributed by atoms with van der Waals surface area (Å²) in [4.78, 5) is 9.48. The van der Waals surface area contributed by atoms with Crippen LogP contribution in [-0.2, 0) is 4.74 Å². The van der Waals surface area contributed by atoms with Crippen molar-refractivity contribution in [2.24, 2.45) is 10.9 Å². The van der Waals surface area contributed by atoms with Crippen LogP contribution in [0.25, 0.3) is 0 Å². The fraction of sp³-hybridized carbons (Fsp3) is 0.941. The van der Waals surface area contributed by atoms with Gasteiger partial charge in [-0.05, 0) is 46.2 Å². The summed E-state index contributed by atoms with van der Waals surface area (Å²) >= 11 is 0. The van der Waals surface area contributed by atoms with Crippen LogP contribution in [0, 0.1) is 5.92 Å². The zero-order chi connectivity index (χ0) is 16.0. The Morgan fingerprint density at radius 3 is 2.59 bits per heavy atom.